The second kappa shape index (κ2) is 3.78. The fourth-order valence-electron chi connectivity index (χ4n) is 2.22. The zero-order chi connectivity index (χ0) is 12.2. The average molecular weight is 290 g/mol. The van der Waals surface area contributed by atoms with Crippen LogP contribution >= 0.6 is 34.8 Å². The maximum absolute atomic E-state index is 6.08. The lowest BCUT2D eigenvalue weighted by atomic mass is 10.2. The van der Waals surface area contributed by atoms with Crippen molar-refractivity contribution in [2.45, 2.75) is 31.2 Å². The topological polar surface area (TPSA) is 17.8 Å². The molecule has 2 nitrogen and oxygen atoms in total. The molecule has 1 aliphatic carbocycles. The molecule has 2 aromatic rings. The molecule has 0 atom stereocenters. The summed E-state index contributed by atoms with van der Waals surface area (Å²) in [6.07, 6.45) is 2.31. The number of benzene rings is 1. The summed E-state index contributed by atoms with van der Waals surface area (Å²) in [5, 5.41) is 1.09. The van der Waals surface area contributed by atoms with E-state index in [-0.39, 0.29) is 5.54 Å². The third kappa shape index (κ3) is 1.74. The highest BCUT2D eigenvalue weighted by Crippen LogP contribution is 2.46. The van der Waals surface area contributed by atoms with Crippen molar-refractivity contribution in [2.24, 2.45) is 0 Å². The van der Waals surface area contributed by atoms with Crippen LogP contribution < -0.4 is 0 Å². The van der Waals surface area contributed by atoms with Crippen LogP contribution in [0.2, 0.25) is 10.0 Å². The first-order chi connectivity index (χ1) is 8.05. The molecule has 0 aliphatic heterocycles. The summed E-state index contributed by atoms with van der Waals surface area (Å²) >= 11 is 18.1. The molecule has 0 spiro atoms. The summed E-state index contributed by atoms with van der Waals surface area (Å²) in [6.45, 7) is 2.21. The average Bonchev–Trinajstić information content (AvgIpc) is 2.91. The second-order valence-electron chi connectivity index (χ2n) is 4.75. The van der Waals surface area contributed by atoms with Gasteiger partial charge in [-0.25, -0.2) is 4.98 Å². The SMILES string of the molecule is CC1(n2c(CCl)nc3cc(Cl)c(Cl)cc32)CC1. The molecule has 1 heterocycles. The summed E-state index contributed by atoms with van der Waals surface area (Å²) in [6, 6.07) is 3.68. The van der Waals surface area contributed by atoms with E-state index in [4.69, 9.17) is 34.8 Å². The highest BCUT2D eigenvalue weighted by Gasteiger charge is 2.41. The van der Waals surface area contributed by atoms with Gasteiger partial charge < -0.3 is 4.57 Å². The number of hydrogen-bond acceptors (Lipinski definition) is 1. The van der Waals surface area contributed by atoms with Crippen molar-refractivity contribution < 1.29 is 0 Å². The number of imidazole rings is 1. The fraction of sp³-hybridized carbons (Fsp3) is 0.417. The van der Waals surface area contributed by atoms with E-state index >= 15 is 0 Å². The Bertz CT molecular complexity index is 599. The zero-order valence-electron chi connectivity index (χ0n) is 9.30. The molecule has 1 fully saturated rings. The van der Waals surface area contributed by atoms with Crippen molar-refractivity contribution in [3.8, 4) is 0 Å². The van der Waals surface area contributed by atoms with E-state index in [9.17, 15) is 0 Å². The van der Waals surface area contributed by atoms with E-state index < -0.39 is 0 Å². The summed E-state index contributed by atoms with van der Waals surface area (Å²) in [7, 11) is 0. The van der Waals surface area contributed by atoms with Crippen molar-refractivity contribution in [1.82, 2.24) is 9.55 Å². The normalized spacial score (nSPS) is 17.6. The monoisotopic (exact) mass is 288 g/mol. The van der Waals surface area contributed by atoms with Crippen LogP contribution in [0.5, 0.6) is 0 Å². The minimum absolute atomic E-state index is 0.149. The third-order valence-electron chi connectivity index (χ3n) is 3.40. The highest BCUT2D eigenvalue weighted by atomic mass is 35.5. The molecule has 0 radical (unpaired) electrons. The van der Waals surface area contributed by atoms with Gasteiger partial charge in [-0.1, -0.05) is 23.2 Å². The van der Waals surface area contributed by atoms with Gasteiger partial charge in [0.1, 0.15) is 5.82 Å². The number of alkyl halides is 1. The Hall–Kier alpha value is -0.440. The van der Waals surface area contributed by atoms with Crippen molar-refractivity contribution in [3.05, 3.63) is 28.0 Å². The van der Waals surface area contributed by atoms with E-state index in [1.54, 1.807) is 6.07 Å². The summed E-state index contributed by atoms with van der Waals surface area (Å²) in [5.41, 5.74) is 2.04. The van der Waals surface area contributed by atoms with E-state index in [0.717, 1.165) is 29.7 Å². The quantitative estimate of drug-likeness (QED) is 0.739. The number of nitrogens with zero attached hydrogens (tertiary/aromatic N) is 2. The molecule has 0 amide bonds. The summed E-state index contributed by atoms with van der Waals surface area (Å²) in [4.78, 5) is 4.53. The van der Waals surface area contributed by atoms with Crippen LogP contribution in [0.1, 0.15) is 25.6 Å². The van der Waals surface area contributed by atoms with E-state index in [0.29, 0.717) is 15.9 Å². The Labute approximate surface area is 114 Å². The van der Waals surface area contributed by atoms with Gasteiger partial charge in [0.2, 0.25) is 0 Å². The fourth-order valence-corrected chi connectivity index (χ4v) is 2.71. The number of fused-ring (bicyclic) bond motifs is 1. The molecule has 0 N–H and O–H groups in total. The van der Waals surface area contributed by atoms with Gasteiger partial charge in [-0.2, -0.15) is 0 Å². The van der Waals surface area contributed by atoms with Crippen molar-refractivity contribution in [3.63, 3.8) is 0 Å². The molecule has 3 rings (SSSR count). The van der Waals surface area contributed by atoms with E-state index in [2.05, 4.69) is 16.5 Å². The lowest BCUT2D eigenvalue weighted by Gasteiger charge is -2.15. The molecular weight excluding hydrogens is 279 g/mol. The van der Waals surface area contributed by atoms with Gasteiger partial charge in [0.15, 0.2) is 0 Å². The third-order valence-corrected chi connectivity index (χ3v) is 4.36. The molecule has 90 valence electrons. The Balaban J connectivity index is 2.34. The Morgan fingerprint density at radius 2 is 1.94 bits per heavy atom. The van der Waals surface area contributed by atoms with Gasteiger partial charge in [0, 0.05) is 5.54 Å². The van der Waals surface area contributed by atoms with Gasteiger partial charge in [-0.05, 0) is 31.9 Å². The number of rotatable bonds is 2. The van der Waals surface area contributed by atoms with Gasteiger partial charge in [-0.3, -0.25) is 0 Å². The lowest BCUT2D eigenvalue weighted by molar-refractivity contribution is 0.531. The summed E-state index contributed by atoms with van der Waals surface area (Å²) in [5.74, 6) is 1.29. The molecule has 1 aromatic heterocycles. The predicted molar refractivity (Wildman–Crippen MR) is 72.2 cm³/mol. The molecule has 0 bridgehead atoms. The molecule has 0 unspecified atom stereocenters. The molecule has 1 aromatic carbocycles. The minimum Gasteiger partial charge on any atom is -0.321 e. The second-order valence-corrected chi connectivity index (χ2v) is 5.83. The molecule has 1 saturated carbocycles. The zero-order valence-corrected chi connectivity index (χ0v) is 11.6. The maximum atomic E-state index is 6.08. The Morgan fingerprint density at radius 1 is 1.29 bits per heavy atom. The number of hydrogen-bond donors (Lipinski definition) is 0. The standard InChI is InChI=1S/C12H11Cl3N2/c1-12(2-3-12)17-10-5-8(15)7(14)4-9(10)16-11(17)6-13/h4-5H,2-3,6H2,1H3. The highest BCUT2D eigenvalue weighted by molar-refractivity contribution is 6.42. The molecular formula is C12H11Cl3N2. The smallest absolute Gasteiger partial charge is 0.125 e. The van der Waals surface area contributed by atoms with Gasteiger partial charge >= 0.3 is 0 Å². The largest absolute Gasteiger partial charge is 0.321 e. The maximum Gasteiger partial charge on any atom is 0.125 e. The Kier molecular flexibility index (Phi) is 2.58. The first kappa shape index (κ1) is 11.6. The van der Waals surface area contributed by atoms with E-state index in [1.807, 2.05) is 6.07 Å². The van der Waals surface area contributed by atoms with Gasteiger partial charge in [0.25, 0.3) is 0 Å². The van der Waals surface area contributed by atoms with Crippen LogP contribution in [-0.2, 0) is 11.4 Å². The van der Waals surface area contributed by atoms with Crippen molar-refractivity contribution >= 4 is 45.8 Å². The van der Waals surface area contributed by atoms with Crippen LogP contribution in [0.4, 0.5) is 0 Å². The minimum atomic E-state index is 0.149. The predicted octanol–water partition coefficient (Wildman–Crippen LogP) is 4.59. The summed E-state index contributed by atoms with van der Waals surface area (Å²) < 4.78 is 2.21. The Morgan fingerprint density at radius 3 is 2.53 bits per heavy atom. The molecule has 5 heteroatoms. The van der Waals surface area contributed by atoms with Crippen LogP contribution in [0.15, 0.2) is 12.1 Å². The number of aromatic nitrogens is 2. The van der Waals surface area contributed by atoms with Gasteiger partial charge in [-0.15, -0.1) is 11.6 Å². The molecule has 1 aliphatic rings. The molecule has 17 heavy (non-hydrogen) atoms. The van der Waals surface area contributed by atoms with Crippen molar-refractivity contribution in [2.75, 3.05) is 0 Å². The van der Waals surface area contributed by atoms with Crippen LogP contribution in [-0.4, -0.2) is 9.55 Å². The number of halogens is 3. The first-order valence-electron chi connectivity index (χ1n) is 5.48. The molecule has 0 saturated heterocycles. The van der Waals surface area contributed by atoms with Crippen LogP contribution in [0.3, 0.4) is 0 Å². The lowest BCUT2D eigenvalue weighted by Crippen LogP contribution is -2.14. The first-order valence-corrected chi connectivity index (χ1v) is 6.77. The van der Waals surface area contributed by atoms with Crippen molar-refractivity contribution in [1.29, 1.82) is 0 Å². The van der Waals surface area contributed by atoms with Crippen LogP contribution in [0.25, 0.3) is 11.0 Å². The van der Waals surface area contributed by atoms with Gasteiger partial charge in [0.05, 0.1) is 27.0 Å². The van der Waals surface area contributed by atoms with Crippen LogP contribution in [0, 0.1) is 0 Å². The van der Waals surface area contributed by atoms with E-state index in [1.165, 1.54) is 0 Å².